The summed E-state index contributed by atoms with van der Waals surface area (Å²) in [6.45, 7) is 8.03. The van der Waals surface area contributed by atoms with Crippen LogP contribution in [0.15, 0.2) is 24.3 Å². The van der Waals surface area contributed by atoms with Crippen LogP contribution in [0.1, 0.15) is 51.3 Å². The summed E-state index contributed by atoms with van der Waals surface area (Å²) in [6.07, 6.45) is 1.71. The van der Waals surface area contributed by atoms with E-state index in [9.17, 15) is 8.42 Å². The highest BCUT2D eigenvalue weighted by atomic mass is 32.2. The van der Waals surface area contributed by atoms with Crippen molar-refractivity contribution in [1.82, 2.24) is 5.32 Å². The van der Waals surface area contributed by atoms with Crippen molar-refractivity contribution in [3.8, 4) is 0 Å². The topological polar surface area (TPSA) is 46.2 Å². The Morgan fingerprint density at radius 1 is 1.10 bits per heavy atom. The van der Waals surface area contributed by atoms with E-state index in [-0.39, 0.29) is 11.8 Å². The van der Waals surface area contributed by atoms with Crippen molar-refractivity contribution in [1.29, 1.82) is 0 Å². The average molecular weight is 311 g/mol. The second-order valence-corrected chi connectivity index (χ2v) is 8.59. The largest absolute Gasteiger partial charge is 0.312 e. The van der Waals surface area contributed by atoms with Gasteiger partial charge in [0.1, 0.15) is 0 Å². The summed E-state index contributed by atoms with van der Waals surface area (Å²) in [5.41, 5.74) is 2.30. The average Bonchev–Trinajstić information content (AvgIpc) is 2.46. The molecule has 0 aliphatic carbocycles. The van der Waals surface area contributed by atoms with E-state index in [1.807, 2.05) is 26.1 Å². The molecule has 0 saturated heterocycles. The molecule has 0 aromatic heterocycles. The van der Waals surface area contributed by atoms with Gasteiger partial charge in [-0.15, -0.1) is 0 Å². The van der Waals surface area contributed by atoms with Crippen molar-refractivity contribution >= 4 is 9.84 Å². The molecule has 0 saturated carbocycles. The summed E-state index contributed by atoms with van der Waals surface area (Å²) in [5.74, 6) is 0.667. The Morgan fingerprint density at radius 2 is 1.67 bits per heavy atom. The number of rotatable bonds is 8. The normalized spacial score (nSPS) is 15.1. The van der Waals surface area contributed by atoms with Crippen LogP contribution in [0.3, 0.4) is 0 Å². The summed E-state index contributed by atoms with van der Waals surface area (Å²) in [4.78, 5) is 0. The lowest BCUT2D eigenvalue weighted by Gasteiger charge is -2.24. The first kappa shape index (κ1) is 18.2. The number of hydrogen-bond acceptors (Lipinski definition) is 3. The Morgan fingerprint density at radius 3 is 2.10 bits per heavy atom. The predicted octanol–water partition coefficient (Wildman–Crippen LogP) is 3.36. The van der Waals surface area contributed by atoms with Crippen LogP contribution in [-0.2, 0) is 16.3 Å². The van der Waals surface area contributed by atoms with Gasteiger partial charge in [-0.25, -0.2) is 8.42 Å². The van der Waals surface area contributed by atoms with Crippen molar-refractivity contribution in [3.05, 3.63) is 35.4 Å². The zero-order valence-corrected chi connectivity index (χ0v) is 14.7. The number of hydrogen-bond donors (Lipinski definition) is 1. The number of aryl methyl sites for hydroxylation is 1. The SMILES string of the molecule is CCc1ccc(C(NC)C(C)S(=O)(=O)CCC(C)C)cc1. The van der Waals surface area contributed by atoms with Crippen molar-refractivity contribution in [2.24, 2.45) is 5.92 Å². The Labute approximate surface area is 130 Å². The lowest BCUT2D eigenvalue weighted by atomic mass is 10.0. The molecule has 1 rings (SSSR count). The molecule has 0 bridgehead atoms. The van der Waals surface area contributed by atoms with Crippen LogP contribution in [0.4, 0.5) is 0 Å². The van der Waals surface area contributed by atoms with Crippen molar-refractivity contribution in [2.75, 3.05) is 12.8 Å². The van der Waals surface area contributed by atoms with Gasteiger partial charge in [0.2, 0.25) is 0 Å². The maximum absolute atomic E-state index is 12.5. The zero-order chi connectivity index (χ0) is 16.0. The molecule has 21 heavy (non-hydrogen) atoms. The molecule has 0 radical (unpaired) electrons. The minimum absolute atomic E-state index is 0.159. The first-order valence-electron chi connectivity index (χ1n) is 7.79. The monoisotopic (exact) mass is 311 g/mol. The van der Waals surface area contributed by atoms with Crippen LogP contribution in [0, 0.1) is 5.92 Å². The minimum atomic E-state index is -3.09. The maximum Gasteiger partial charge on any atom is 0.154 e. The lowest BCUT2D eigenvalue weighted by molar-refractivity contribution is 0.522. The molecule has 2 unspecified atom stereocenters. The van der Waals surface area contributed by atoms with Crippen molar-refractivity contribution in [2.45, 2.75) is 51.8 Å². The van der Waals surface area contributed by atoms with Crippen LogP contribution >= 0.6 is 0 Å². The molecule has 0 spiro atoms. The van der Waals surface area contributed by atoms with E-state index in [0.29, 0.717) is 5.92 Å². The van der Waals surface area contributed by atoms with Crippen molar-refractivity contribution < 1.29 is 8.42 Å². The maximum atomic E-state index is 12.5. The highest BCUT2D eigenvalue weighted by Crippen LogP contribution is 2.24. The molecule has 4 heteroatoms. The van der Waals surface area contributed by atoms with Gasteiger partial charge in [0.05, 0.1) is 11.0 Å². The fourth-order valence-corrected chi connectivity index (χ4v) is 4.31. The highest BCUT2D eigenvalue weighted by Gasteiger charge is 2.29. The van der Waals surface area contributed by atoms with Gasteiger partial charge in [-0.3, -0.25) is 0 Å². The summed E-state index contributed by atoms with van der Waals surface area (Å²) in [5, 5.41) is 2.75. The van der Waals surface area contributed by atoms with Gasteiger partial charge in [0, 0.05) is 6.04 Å². The molecule has 1 N–H and O–H groups in total. The molecular formula is C17H29NO2S. The molecule has 0 amide bonds. The molecule has 0 aliphatic heterocycles. The van der Waals surface area contributed by atoms with Crippen LogP contribution in [0.5, 0.6) is 0 Å². The van der Waals surface area contributed by atoms with Gasteiger partial charge in [-0.1, -0.05) is 45.0 Å². The molecule has 0 aliphatic rings. The van der Waals surface area contributed by atoms with E-state index in [1.165, 1.54) is 5.56 Å². The Hall–Kier alpha value is -0.870. The molecule has 3 nitrogen and oxygen atoms in total. The minimum Gasteiger partial charge on any atom is -0.312 e. The molecule has 0 fully saturated rings. The van der Waals surface area contributed by atoms with E-state index < -0.39 is 15.1 Å². The molecular weight excluding hydrogens is 282 g/mol. The zero-order valence-electron chi connectivity index (χ0n) is 13.9. The van der Waals surface area contributed by atoms with Gasteiger partial charge in [0.15, 0.2) is 9.84 Å². The van der Waals surface area contributed by atoms with E-state index in [4.69, 9.17) is 0 Å². The summed E-state index contributed by atoms with van der Waals surface area (Å²) in [7, 11) is -1.27. The molecule has 120 valence electrons. The fraction of sp³-hybridized carbons (Fsp3) is 0.647. The summed E-state index contributed by atoms with van der Waals surface area (Å²) >= 11 is 0. The third-order valence-corrected chi connectivity index (χ3v) is 6.28. The van der Waals surface area contributed by atoms with Crippen LogP contribution in [0.2, 0.25) is 0 Å². The lowest BCUT2D eigenvalue weighted by Crippen LogP contribution is -2.35. The number of sulfone groups is 1. The Bertz CT molecular complexity index is 520. The van der Waals surface area contributed by atoms with Crippen LogP contribution < -0.4 is 5.32 Å². The van der Waals surface area contributed by atoms with Gasteiger partial charge in [-0.2, -0.15) is 0 Å². The first-order valence-corrected chi connectivity index (χ1v) is 9.51. The highest BCUT2D eigenvalue weighted by molar-refractivity contribution is 7.92. The van der Waals surface area contributed by atoms with E-state index in [0.717, 1.165) is 18.4 Å². The van der Waals surface area contributed by atoms with E-state index in [2.05, 4.69) is 38.2 Å². The van der Waals surface area contributed by atoms with Gasteiger partial charge in [-0.05, 0) is 43.9 Å². The standard InChI is InChI=1S/C17H29NO2S/c1-6-15-7-9-16(10-8-15)17(18-5)14(4)21(19,20)12-11-13(2)3/h7-10,13-14,17-18H,6,11-12H2,1-5H3. The Balaban J connectivity index is 2.91. The predicted molar refractivity (Wildman–Crippen MR) is 90.3 cm³/mol. The second-order valence-electron chi connectivity index (χ2n) is 6.12. The second kappa shape index (κ2) is 7.95. The smallest absolute Gasteiger partial charge is 0.154 e. The van der Waals surface area contributed by atoms with Gasteiger partial charge >= 0.3 is 0 Å². The van der Waals surface area contributed by atoms with Gasteiger partial charge in [0.25, 0.3) is 0 Å². The molecule has 1 aromatic carbocycles. The third kappa shape index (κ3) is 5.11. The van der Waals surface area contributed by atoms with Crippen LogP contribution in [-0.4, -0.2) is 26.5 Å². The number of nitrogens with one attached hydrogen (secondary N) is 1. The molecule has 1 aromatic rings. The van der Waals surface area contributed by atoms with Crippen LogP contribution in [0.25, 0.3) is 0 Å². The summed E-state index contributed by atoms with van der Waals surface area (Å²) < 4.78 is 25.0. The number of benzene rings is 1. The first-order chi connectivity index (χ1) is 9.81. The Kier molecular flexibility index (Phi) is 6.88. The molecule has 0 heterocycles. The molecule has 2 atom stereocenters. The van der Waals surface area contributed by atoms with E-state index >= 15 is 0 Å². The summed E-state index contributed by atoms with van der Waals surface area (Å²) in [6, 6.07) is 8.07. The fourth-order valence-electron chi connectivity index (χ4n) is 2.43. The quantitative estimate of drug-likeness (QED) is 0.801. The van der Waals surface area contributed by atoms with E-state index in [1.54, 1.807) is 0 Å². The van der Waals surface area contributed by atoms with Crippen molar-refractivity contribution in [3.63, 3.8) is 0 Å². The third-order valence-electron chi connectivity index (χ3n) is 4.07. The van der Waals surface area contributed by atoms with Gasteiger partial charge < -0.3 is 5.32 Å².